The number of benzene rings is 1. The quantitative estimate of drug-likeness (QED) is 0.782. The second-order valence-corrected chi connectivity index (χ2v) is 5.25. The number of hydrogen-bond acceptors (Lipinski definition) is 4. The van der Waals surface area contributed by atoms with Gasteiger partial charge in [0.15, 0.2) is 0 Å². The molecular weight excluding hydrogens is 258 g/mol. The number of carbonyl (C=O) groups is 2. The fourth-order valence-corrected chi connectivity index (χ4v) is 2.40. The van der Waals surface area contributed by atoms with Gasteiger partial charge in [0.05, 0.1) is 12.1 Å². The molecule has 1 aliphatic rings. The molecule has 2 atom stereocenters. The highest BCUT2D eigenvalue weighted by Gasteiger charge is 2.35. The van der Waals surface area contributed by atoms with Crippen molar-refractivity contribution in [3.8, 4) is 0 Å². The Bertz CT molecular complexity index is 513. The first-order valence-corrected chi connectivity index (χ1v) is 6.44. The van der Waals surface area contributed by atoms with E-state index in [1.165, 1.54) is 12.1 Å². The van der Waals surface area contributed by atoms with Crippen LogP contribution in [0.2, 0.25) is 0 Å². The number of aliphatic hydroxyl groups excluding tert-OH is 1. The number of likely N-dealkylation sites (N-methyl/N-ethyl adjacent to an activating group) is 1. The molecule has 2 rings (SSSR count). The van der Waals surface area contributed by atoms with E-state index in [0.29, 0.717) is 24.2 Å². The fourth-order valence-electron chi connectivity index (χ4n) is 2.40. The van der Waals surface area contributed by atoms with Gasteiger partial charge >= 0.3 is 0 Å². The SMILES string of the molecule is CN(C)[C@H]1CN(C(=O)c2ccc(C(N)=O)cc2)C[C@@H]1O. The third kappa shape index (κ3) is 2.81. The summed E-state index contributed by atoms with van der Waals surface area (Å²) in [4.78, 5) is 26.8. The molecule has 2 amide bonds. The van der Waals surface area contributed by atoms with Gasteiger partial charge in [0.25, 0.3) is 5.91 Å². The maximum atomic E-state index is 12.3. The molecule has 20 heavy (non-hydrogen) atoms. The first kappa shape index (κ1) is 14.5. The summed E-state index contributed by atoms with van der Waals surface area (Å²) in [5.74, 6) is -0.669. The summed E-state index contributed by atoms with van der Waals surface area (Å²) in [6, 6.07) is 6.18. The lowest BCUT2D eigenvalue weighted by molar-refractivity contribution is 0.0763. The lowest BCUT2D eigenvalue weighted by Crippen LogP contribution is -2.38. The molecule has 0 aromatic heterocycles. The lowest BCUT2D eigenvalue weighted by Gasteiger charge is -2.21. The highest BCUT2D eigenvalue weighted by atomic mass is 16.3. The second-order valence-electron chi connectivity index (χ2n) is 5.25. The number of aliphatic hydroxyl groups is 1. The average Bonchev–Trinajstić information content (AvgIpc) is 2.80. The monoisotopic (exact) mass is 277 g/mol. The van der Waals surface area contributed by atoms with Crippen LogP contribution in [0.5, 0.6) is 0 Å². The molecule has 1 aromatic carbocycles. The van der Waals surface area contributed by atoms with Gasteiger partial charge in [0.1, 0.15) is 0 Å². The molecule has 0 spiro atoms. The molecule has 108 valence electrons. The van der Waals surface area contributed by atoms with Crippen molar-refractivity contribution in [2.75, 3.05) is 27.2 Å². The van der Waals surface area contributed by atoms with E-state index in [1.807, 2.05) is 19.0 Å². The molecule has 1 fully saturated rings. The van der Waals surface area contributed by atoms with Crippen LogP contribution in [0.3, 0.4) is 0 Å². The molecule has 1 heterocycles. The van der Waals surface area contributed by atoms with Gasteiger partial charge < -0.3 is 20.6 Å². The smallest absolute Gasteiger partial charge is 0.253 e. The largest absolute Gasteiger partial charge is 0.390 e. The zero-order valence-electron chi connectivity index (χ0n) is 11.6. The van der Waals surface area contributed by atoms with Crippen LogP contribution in [0.15, 0.2) is 24.3 Å². The molecule has 1 aliphatic heterocycles. The summed E-state index contributed by atoms with van der Waals surface area (Å²) < 4.78 is 0. The van der Waals surface area contributed by atoms with Crippen LogP contribution >= 0.6 is 0 Å². The van der Waals surface area contributed by atoms with E-state index in [1.54, 1.807) is 17.0 Å². The third-order valence-corrected chi connectivity index (χ3v) is 3.63. The van der Waals surface area contributed by atoms with Crippen LogP contribution in [-0.2, 0) is 0 Å². The zero-order chi connectivity index (χ0) is 14.9. The van der Waals surface area contributed by atoms with Gasteiger partial charge in [-0.15, -0.1) is 0 Å². The van der Waals surface area contributed by atoms with Gasteiger partial charge in [-0.1, -0.05) is 0 Å². The van der Waals surface area contributed by atoms with E-state index in [2.05, 4.69) is 0 Å². The molecule has 1 saturated heterocycles. The van der Waals surface area contributed by atoms with E-state index in [-0.39, 0.29) is 11.9 Å². The minimum atomic E-state index is -0.543. The van der Waals surface area contributed by atoms with Gasteiger partial charge in [0, 0.05) is 24.2 Å². The Labute approximate surface area is 117 Å². The standard InChI is InChI=1S/C14H19N3O3/c1-16(2)11-7-17(8-12(11)18)14(20)10-5-3-9(4-6-10)13(15)19/h3-6,11-12,18H,7-8H2,1-2H3,(H2,15,19)/t11-,12-/m0/s1. The number of nitrogens with two attached hydrogens (primary N) is 1. The van der Waals surface area contributed by atoms with Crippen LogP contribution < -0.4 is 5.73 Å². The van der Waals surface area contributed by atoms with Gasteiger partial charge in [0.2, 0.25) is 5.91 Å². The van der Waals surface area contributed by atoms with E-state index in [0.717, 1.165) is 0 Å². The fraction of sp³-hybridized carbons (Fsp3) is 0.429. The van der Waals surface area contributed by atoms with E-state index >= 15 is 0 Å². The summed E-state index contributed by atoms with van der Waals surface area (Å²) in [6.45, 7) is 0.809. The minimum Gasteiger partial charge on any atom is -0.390 e. The molecule has 0 aliphatic carbocycles. The number of primary amides is 1. The van der Waals surface area contributed by atoms with Crippen molar-refractivity contribution < 1.29 is 14.7 Å². The molecule has 3 N–H and O–H groups in total. The summed E-state index contributed by atoms with van der Waals surface area (Å²) in [7, 11) is 3.76. The number of amides is 2. The molecule has 6 heteroatoms. The van der Waals surface area contributed by atoms with Crippen molar-refractivity contribution >= 4 is 11.8 Å². The minimum absolute atomic E-state index is 0.0520. The van der Waals surface area contributed by atoms with Crippen LogP contribution in [0.1, 0.15) is 20.7 Å². The lowest BCUT2D eigenvalue weighted by atomic mass is 10.1. The van der Waals surface area contributed by atoms with Crippen molar-refractivity contribution in [1.29, 1.82) is 0 Å². The van der Waals surface area contributed by atoms with E-state index < -0.39 is 12.0 Å². The van der Waals surface area contributed by atoms with Crippen molar-refractivity contribution in [3.05, 3.63) is 35.4 Å². The van der Waals surface area contributed by atoms with E-state index in [4.69, 9.17) is 5.73 Å². The molecule has 0 radical (unpaired) electrons. The predicted molar refractivity (Wildman–Crippen MR) is 74.3 cm³/mol. The number of rotatable bonds is 3. The molecule has 6 nitrogen and oxygen atoms in total. The Morgan fingerprint density at radius 3 is 2.20 bits per heavy atom. The Morgan fingerprint density at radius 2 is 1.75 bits per heavy atom. The average molecular weight is 277 g/mol. The summed E-state index contributed by atoms with van der Waals surface area (Å²) in [5, 5.41) is 9.95. The molecule has 0 unspecified atom stereocenters. The van der Waals surface area contributed by atoms with Crippen LogP contribution in [0.25, 0.3) is 0 Å². The van der Waals surface area contributed by atoms with Gasteiger partial charge in [-0.05, 0) is 38.4 Å². The molecule has 1 aromatic rings. The van der Waals surface area contributed by atoms with Gasteiger partial charge in [-0.3, -0.25) is 9.59 Å². The van der Waals surface area contributed by atoms with Crippen molar-refractivity contribution in [1.82, 2.24) is 9.80 Å². The maximum absolute atomic E-state index is 12.3. The van der Waals surface area contributed by atoms with Crippen LogP contribution in [0, 0.1) is 0 Å². The van der Waals surface area contributed by atoms with Crippen molar-refractivity contribution in [2.45, 2.75) is 12.1 Å². The summed E-state index contributed by atoms with van der Waals surface area (Å²) in [6.07, 6.45) is -0.543. The topological polar surface area (TPSA) is 86.9 Å². The van der Waals surface area contributed by atoms with Crippen LogP contribution in [-0.4, -0.2) is 66.1 Å². The van der Waals surface area contributed by atoms with Gasteiger partial charge in [-0.25, -0.2) is 0 Å². The summed E-state index contributed by atoms with van der Waals surface area (Å²) >= 11 is 0. The van der Waals surface area contributed by atoms with Crippen LogP contribution in [0.4, 0.5) is 0 Å². The molecule has 0 bridgehead atoms. The Hall–Kier alpha value is -1.92. The molecule has 0 saturated carbocycles. The third-order valence-electron chi connectivity index (χ3n) is 3.63. The number of hydrogen-bond donors (Lipinski definition) is 2. The highest BCUT2D eigenvalue weighted by molar-refractivity contribution is 5.97. The first-order chi connectivity index (χ1) is 9.40. The number of likely N-dealkylation sites (tertiary alicyclic amines) is 1. The predicted octanol–water partition coefficient (Wildman–Crippen LogP) is -0.468. The maximum Gasteiger partial charge on any atom is 0.253 e. The Balaban J connectivity index is 2.10. The number of β-amino-alcohol motifs (C(OH)–C–C–N with tert-alkyl or cyclic N) is 1. The van der Waals surface area contributed by atoms with Crippen molar-refractivity contribution in [2.24, 2.45) is 5.73 Å². The summed E-state index contributed by atoms with van der Waals surface area (Å²) in [5.41, 5.74) is 6.02. The normalized spacial score (nSPS) is 22.3. The number of carbonyl (C=O) groups excluding carboxylic acids is 2. The second kappa shape index (κ2) is 5.60. The molecular formula is C14H19N3O3. The van der Waals surface area contributed by atoms with Gasteiger partial charge in [-0.2, -0.15) is 0 Å². The Morgan fingerprint density at radius 1 is 1.20 bits per heavy atom. The number of nitrogens with zero attached hydrogens (tertiary/aromatic N) is 2. The Kier molecular flexibility index (Phi) is 4.06. The van der Waals surface area contributed by atoms with Crippen molar-refractivity contribution in [3.63, 3.8) is 0 Å². The first-order valence-electron chi connectivity index (χ1n) is 6.44. The highest BCUT2D eigenvalue weighted by Crippen LogP contribution is 2.17. The van der Waals surface area contributed by atoms with E-state index in [9.17, 15) is 14.7 Å². The zero-order valence-corrected chi connectivity index (χ0v) is 11.6.